The molecule has 3 heterocycles. The largest absolute Gasteiger partial charge is 0.330 e. The number of thiocarbonyl (C=S) groups is 1. The van der Waals surface area contributed by atoms with Crippen LogP contribution in [0.15, 0.2) is 42.9 Å². The van der Waals surface area contributed by atoms with Gasteiger partial charge in [0.05, 0.1) is 48.2 Å². The molecule has 8 nitrogen and oxygen atoms in total. The number of nitrogens with zero attached hydrogens (tertiary/aromatic N) is 6. The number of benzene rings is 1. The molecule has 0 atom stereocenters. The fourth-order valence-corrected chi connectivity index (χ4v) is 3.94. The molecule has 0 unspecified atom stereocenters. The van der Waals surface area contributed by atoms with Crippen molar-refractivity contribution in [3.8, 4) is 0 Å². The fraction of sp³-hybridized carbons (Fsp3) is 0.304. The van der Waals surface area contributed by atoms with Crippen molar-refractivity contribution in [2.75, 3.05) is 10.6 Å². The summed E-state index contributed by atoms with van der Waals surface area (Å²) in [6.07, 6.45) is 5.54. The zero-order valence-electron chi connectivity index (χ0n) is 19.1. The van der Waals surface area contributed by atoms with Crippen LogP contribution in [0.3, 0.4) is 0 Å². The number of anilines is 2. The van der Waals surface area contributed by atoms with Crippen molar-refractivity contribution in [2.45, 2.75) is 47.3 Å². The highest BCUT2D eigenvalue weighted by Gasteiger charge is 2.14. The molecule has 0 radical (unpaired) electrons. The van der Waals surface area contributed by atoms with E-state index in [1.807, 2.05) is 40.3 Å². The summed E-state index contributed by atoms with van der Waals surface area (Å²) in [4.78, 5) is 0. The molecule has 0 aliphatic heterocycles. The van der Waals surface area contributed by atoms with Crippen LogP contribution in [0.2, 0.25) is 0 Å². The molecule has 3 aromatic heterocycles. The van der Waals surface area contributed by atoms with Gasteiger partial charge in [0.1, 0.15) is 5.82 Å². The second-order valence-electron chi connectivity index (χ2n) is 7.91. The van der Waals surface area contributed by atoms with E-state index in [1.54, 1.807) is 18.3 Å². The van der Waals surface area contributed by atoms with Crippen LogP contribution in [0.25, 0.3) is 0 Å². The summed E-state index contributed by atoms with van der Waals surface area (Å²) in [6, 6.07) is 6.43. The Labute approximate surface area is 197 Å². The third-order valence-electron chi connectivity index (χ3n) is 5.59. The third-order valence-corrected chi connectivity index (χ3v) is 5.80. The second kappa shape index (κ2) is 9.53. The number of rotatable bonds is 7. The van der Waals surface area contributed by atoms with Gasteiger partial charge in [-0.15, -0.1) is 0 Å². The van der Waals surface area contributed by atoms with E-state index in [-0.39, 0.29) is 5.82 Å². The van der Waals surface area contributed by atoms with Crippen LogP contribution >= 0.6 is 12.2 Å². The molecule has 4 aromatic rings. The van der Waals surface area contributed by atoms with Crippen LogP contribution in [-0.4, -0.2) is 34.5 Å². The van der Waals surface area contributed by atoms with Crippen molar-refractivity contribution in [3.05, 3.63) is 76.9 Å². The maximum Gasteiger partial charge on any atom is 0.175 e. The highest BCUT2D eigenvalue weighted by Crippen LogP contribution is 2.21. The van der Waals surface area contributed by atoms with E-state index in [9.17, 15) is 4.39 Å². The number of hydrogen-bond donors (Lipinski definition) is 2. The molecule has 4 rings (SSSR count). The zero-order valence-corrected chi connectivity index (χ0v) is 19.9. The van der Waals surface area contributed by atoms with Gasteiger partial charge in [0, 0.05) is 24.0 Å². The first-order valence-corrected chi connectivity index (χ1v) is 11.1. The van der Waals surface area contributed by atoms with Gasteiger partial charge >= 0.3 is 0 Å². The summed E-state index contributed by atoms with van der Waals surface area (Å²) in [5.41, 5.74) is 6.67. The van der Waals surface area contributed by atoms with Gasteiger partial charge in [0.2, 0.25) is 0 Å². The van der Waals surface area contributed by atoms with Crippen LogP contribution in [0, 0.1) is 26.6 Å². The molecular formula is C23H27FN8S. The lowest BCUT2D eigenvalue weighted by molar-refractivity contribution is 0.622. The van der Waals surface area contributed by atoms with Crippen molar-refractivity contribution in [2.24, 2.45) is 0 Å². The van der Waals surface area contributed by atoms with Gasteiger partial charge in [-0.3, -0.25) is 14.0 Å². The van der Waals surface area contributed by atoms with Gasteiger partial charge in [-0.2, -0.15) is 15.3 Å². The van der Waals surface area contributed by atoms with Gasteiger partial charge in [0.15, 0.2) is 5.11 Å². The van der Waals surface area contributed by atoms with E-state index >= 15 is 0 Å². The van der Waals surface area contributed by atoms with E-state index in [1.165, 1.54) is 12.1 Å². The first-order chi connectivity index (χ1) is 15.8. The van der Waals surface area contributed by atoms with Gasteiger partial charge < -0.3 is 10.6 Å². The monoisotopic (exact) mass is 466 g/mol. The Morgan fingerprint density at radius 1 is 0.970 bits per heavy atom. The molecule has 0 saturated carbocycles. The number of hydrogen-bond acceptors (Lipinski definition) is 4. The predicted molar refractivity (Wildman–Crippen MR) is 131 cm³/mol. The Hall–Kier alpha value is -3.53. The number of aryl methyl sites for hydroxylation is 2. The highest BCUT2D eigenvalue weighted by molar-refractivity contribution is 7.80. The molecule has 172 valence electrons. The lowest BCUT2D eigenvalue weighted by atomic mass is 10.2. The normalized spacial score (nSPS) is 11.1. The highest BCUT2D eigenvalue weighted by atomic mass is 32.1. The molecule has 33 heavy (non-hydrogen) atoms. The summed E-state index contributed by atoms with van der Waals surface area (Å²) in [7, 11) is 0. The summed E-state index contributed by atoms with van der Waals surface area (Å²) >= 11 is 5.52. The number of nitrogens with one attached hydrogen (secondary N) is 2. The Balaban J connectivity index is 1.39. The molecule has 10 heteroatoms. The molecular weight excluding hydrogens is 439 g/mol. The molecule has 0 aliphatic rings. The Morgan fingerprint density at radius 2 is 1.73 bits per heavy atom. The fourth-order valence-electron chi connectivity index (χ4n) is 3.72. The molecule has 0 saturated heterocycles. The van der Waals surface area contributed by atoms with Crippen molar-refractivity contribution in [3.63, 3.8) is 0 Å². The van der Waals surface area contributed by atoms with E-state index in [4.69, 9.17) is 12.2 Å². The zero-order chi connectivity index (χ0) is 23.5. The maximum absolute atomic E-state index is 13.2. The van der Waals surface area contributed by atoms with Crippen LogP contribution in [0.5, 0.6) is 0 Å². The SMILES string of the molecule is CCn1ncc(Cn2cc(NC(=S)Nc3c(C)nn(Cc4ccc(F)cc4)c3C)cn2)c1C. The number of aromatic nitrogens is 6. The van der Waals surface area contributed by atoms with Gasteiger partial charge in [-0.05, 0) is 57.6 Å². The second-order valence-corrected chi connectivity index (χ2v) is 8.31. The Morgan fingerprint density at radius 3 is 2.42 bits per heavy atom. The lowest BCUT2D eigenvalue weighted by Crippen LogP contribution is -2.19. The minimum atomic E-state index is -0.250. The Bertz CT molecular complexity index is 1270. The van der Waals surface area contributed by atoms with Gasteiger partial charge in [0.25, 0.3) is 0 Å². The average molecular weight is 467 g/mol. The van der Waals surface area contributed by atoms with Crippen molar-refractivity contribution in [1.82, 2.24) is 29.3 Å². The summed E-state index contributed by atoms with van der Waals surface area (Å²) < 4.78 is 18.9. The van der Waals surface area contributed by atoms with E-state index in [0.717, 1.165) is 46.1 Å². The third kappa shape index (κ3) is 5.11. The lowest BCUT2D eigenvalue weighted by Gasteiger charge is -2.10. The summed E-state index contributed by atoms with van der Waals surface area (Å²) in [6.45, 7) is 10.1. The quantitative estimate of drug-likeness (QED) is 0.396. The first kappa shape index (κ1) is 22.7. The smallest absolute Gasteiger partial charge is 0.175 e. The first-order valence-electron chi connectivity index (χ1n) is 10.7. The van der Waals surface area contributed by atoms with E-state index in [0.29, 0.717) is 18.2 Å². The topological polar surface area (TPSA) is 77.5 Å². The minimum Gasteiger partial charge on any atom is -0.330 e. The minimum absolute atomic E-state index is 0.250. The molecule has 1 aromatic carbocycles. The summed E-state index contributed by atoms with van der Waals surface area (Å²) in [5, 5.41) is 20.3. The molecule has 0 amide bonds. The standard InChI is InChI=1S/C23H27FN8S/c1-5-31-16(3)19(10-26-31)13-30-14-21(11-25-30)27-23(33)28-22-15(2)29-32(17(22)4)12-18-6-8-20(24)9-7-18/h6-11,14H,5,12-13H2,1-4H3,(H2,27,28,33). The average Bonchev–Trinajstić information content (AvgIpc) is 3.45. The van der Waals surface area contributed by atoms with Crippen LogP contribution in [0.4, 0.5) is 15.8 Å². The summed E-state index contributed by atoms with van der Waals surface area (Å²) in [5.74, 6) is -0.250. The maximum atomic E-state index is 13.2. The molecule has 0 spiro atoms. The van der Waals surface area contributed by atoms with Crippen LogP contribution in [0.1, 0.15) is 35.1 Å². The van der Waals surface area contributed by atoms with Crippen LogP contribution in [-0.2, 0) is 19.6 Å². The molecule has 0 aliphatic carbocycles. The van der Waals surface area contributed by atoms with Gasteiger partial charge in [-0.1, -0.05) is 12.1 Å². The van der Waals surface area contributed by atoms with Gasteiger partial charge in [-0.25, -0.2) is 4.39 Å². The Kier molecular flexibility index (Phi) is 6.55. The van der Waals surface area contributed by atoms with Crippen LogP contribution < -0.4 is 10.6 Å². The van der Waals surface area contributed by atoms with Crippen molar-refractivity contribution < 1.29 is 4.39 Å². The van der Waals surface area contributed by atoms with Crippen molar-refractivity contribution >= 4 is 28.7 Å². The van der Waals surface area contributed by atoms with E-state index < -0.39 is 0 Å². The number of halogens is 1. The molecule has 0 fully saturated rings. The molecule has 2 N–H and O–H groups in total. The van der Waals surface area contributed by atoms with Crippen molar-refractivity contribution in [1.29, 1.82) is 0 Å². The van der Waals surface area contributed by atoms with E-state index in [2.05, 4.69) is 39.8 Å². The predicted octanol–water partition coefficient (Wildman–Crippen LogP) is 4.27. The molecule has 0 bridgehead atoms.